The van der Waals surface area contributed by atoms with Crippen LogP contribution in [0.5, 0.6) is 0 Å². The van der Waals surface area contributed by atoms with Gasteiger partial charge in [-0.15, -0.1) is 0 Å². The zero-order chi connectivity index (χ0) is 15.8. The van der Waals surface area contributed by atoms with Crippen molar-refractivity contribution in [2.45, 2.75) is 39.5 Å². The number of hydrogen-bond donors (Lipinski definition) is 1. The fourth-order valence-electron chi connectivity index (χ4n) is 2.15. The summed E-state index contributed by atoms with van der Waals surface area (Å²) in [6.45, 7) is 4.09. The molecule has 2 aromatic rings. The maximum absolute atomic E-state index is 5.17. The summed E-state index contributed by atoms with van der Waals surface area (Å²) < 4.78 is 2.16. The summed E-state index contributed by atoms with van der Waals surface area (Å²) in [5.41, 5.74) is 2.38. The van der Waals surface area contributed by atoms with E-state index in [0.29, 0.717) is 4.77 Å². The fraction of sp³-hybridized carbons (Fsp3) is 0.353. The van der Waals surface area contributed by atoms with Gasteiger partial charge in [0.2, 0.25) is 4.77 Å². The lowest BCUT2D eigenvalue weighted by molar-refractivity contribution is 0.723. The van der Waals surface area contributed by atoms with Crippen molar-refractivity contribution in [3.63, 3.8) is 0 Å². The van der Waals surface area contributed by atoms with E-state index in [2.05, 4.69) is 40.4 Å². The van der Waals surface area contributed by atoms with Gasteiger partial charge in [0, 0.05) is 0 Å². The normalized spacial score (nSPS) is 12.2. The van der Waals surface area contributed by atoms with E-state index < -0.39 is 0 Å². The van der Waals surface area contributed by atoms with Crippen LogP contribution in [0.1, 0.15) is 44.0 Å². The molecule has 0 saturated carbocycles. The Kier molecular flexibility index (Phi) is 6.27. The van der Waals surface area contributed by atoms with E-state index in [1.54, 1.807) is 4.68 Å². The number of unbranched alkanes of at least 4 members (excludes halogenated alkanes) is 2. The highest BCUT2D eigenvalue weighted by Gasteiger charge is 2.00. The molecule has 4 nitrogen and oxygen atoms in total. The molecule has 2 rings (SSSR count). The number of H-pyrrole nitrogens is 1. The summed E-state index contributed by atoms with van der Waals surface area (Å²) in [6, 6.07) is 10.3. The summed E-state index contributed by atoms with van der Waals surface area (Å²) in [6.07, 6.45) is 8.68. The number of benzene rings is 1. The molecule has 0 fully saturated rings. The van der Waals surface area contributed by atoms with Crippen LogP contribution in [0.25, 0.3) is 6.08 Å². The minimum Gasteiger partial charge on any atom is -0.250 e. The number of allylic oxidation sites excluding steroid dienone is 1. The van der Waals surface area contributed by atoms with Crippen molar-refractivity contribution in [2.75, 3.05) is 0 Å². The van der Waals surface area contributed by atoms with E-state index in [0.717, 1.165) is 18.7 Å². The second-order valence-electron chi connectivity index (χ2n) is 5.22. The summed E-state index contributed by atoms with van der Waals surface area (Å²) in [5, 5.41) is 11.3. The van der Waals surface area contributed by atoms with Crippen LogP contribution in [0.15, 0.2) is 41.0 Å². The van der Waals surface area contributed by atoms with Gasteiger partial charge in [-0.3, -0.25) is 5.10 Å². The maximum atomic E-state index is 5.17. The maximum Gasteiger partial charge on any atom is 0.216 e. The number of nitrogens with zero attached hydrogens (tertiary/aromatic N) is 3. The van der Waals surface area contributed by atoms with E-state index in [1.165, 1.54) is 24.0 Å². The Morgan fingerprint density at radius 2 is 2.09 bits per heavy atom. The molecule has 116 valence electrons. The fourth-order valence-corrected chi connectivity index (χ4v) is 2.38. The van der Waals surface area contributed by atoms with Gasteiger partial charge in [-0.1, -0.05) is 56.2 Å². The summed E-state index contributed by atoms with van der Waals surface area (Å²) in [7, 11) is 0. The van der Waals surface area contributed by atoms with Crippen LogP contribution in [0.4, 0.5) is 0 Å². The lowest BCUT2D eigenvalue weighted by atomic mass is 10.1. The van der Waals surface area contributed by atoms with Crippen molar-refractivity contribution >= 4 is 24.5 Å². The van der Waals surface area contributed by atoms with Gasteiger partial charge < -0.3 is 0 Å². The molecule has 0 bridgehead atoms. The number of rotatable bonds is 7. The van der Waals surface area contributed by atoms with Crippen LogP contribution >= 0.6 is 12.2 Å². The molecule has 0 unspecified atom stereocenters. The van der Waals surface area contributed by atoms with E-state index in [-0.39, 0.29) is 0 Å². The molecule has 1 aromatic carbocycles. The zero-order valence-electron chi connectivity index (χ0n) is 13.1. The highest BCUT2D eigenvalue weighted by Crippen LogP contribution is 2.12. The minimum atomic E-state index is 0.515. The molecule has 1 aromatic heterocycles. The van der Waals surface area contributed by atoms with Gasteiger partial charge in [0.1, 0.15) is 5.82 Å². The minimum absolute atomic E-state index is 0.515. The first kappa shape index (κ1) is 16.4. The molecule has 0 amide bonds. The van der Waals surface area contributed by atoms with Crippen LogP contribution in [0.2, 0.25) is 0 Å². The Hall–Kier alpha value is -2.01. The first-order valence-corrected chi connectivity index (χ1v) is 8.05. The molecule has 0 saturated heterocycles. The molecular weight excluding hydrogens is 292 g/mol. The lowest BCUT2D eigenvalue weighted by Crippen LogP contribution is -1.95. The number of hydrogen-bond acceptors (Lipinski definition) is 3. The predicted molar refractivity (Wildman–Crippen MR) is 94.6 cm³/mol. The van der Waals surface area contributed by atoms with Gasteiger partial charge in [0.05, 0.1) is 6.21 Å². The van der Waals surface area contributed by atoms with Crippen molar-refractivity contribution in [3.8, 4) is 0 Å². The third-order valence-corrected chi connectivity index (χ3v) is 3.64. The third kappa shape index (κ3) is 4.77. The highest BCUT2D eigenvalue weighted by atomic mass is 32.1. The van der Waals surface area contributed by atoms with Crippen LogP contribution < -0.4 is 0 Å². The molecule has 1 heterocycles. The molecule has 22 heavy (non-hydrogen) atoms. The number of aromatic amines is 1. The quantitative estimate of drug-likeness (QED) is 0.455. The molecule has 0 radical (unpaired) electrons. The standard InChI is InChI=1S/C17H22N4S/c1-3-4-6-11-16(12-15-9-7-5-8-10-15)13-18-21-14(2)19-20-17(21)22/h5,7-10,12-13H,3-4,6,11H2,1-2H3,(H,20,22)/b16-12+,18-13-. The monoisotopic (exact) mass is 314 g/mol. The van der Waals surface area contributed by atoms with Crippen LogP contribution in [-0.4, -0.2) is 21.1 Å². The second kappa shape index (κ2) is 8.44. The Morgan fingerprint density at radius 3 is 2.73 bits per heavy atom. The number of nitrogens with one attached hydrogen (secondary N) is 1. The first-order valence-electron chi connectivity index (χ1n) is 7.64. The molecule has 0 spiro atoms. The third-order valence-electron chi connectivity index (χ3n) is 3.37. The summed E-state index contributed by atoms with van der Waals surface area (Å²) >= 11 is 5.17. The molecule has 5 heteroatoms. The smallest absolute Gasteiger partial charge is 0.216 e. The van der Waals surface area contributed by atoms with Crippen molar-refractivity contribution in [3.05, 3.63) is 52.1 Å². The first-order chi connectivity index (χ1) is 10.7. The summed E-state index contributed by atoms with van der Waals surface area (Å²) in [4.78, 5) is 0. The van der Waals surface area contributed by atoms with Crippen molar-refractivity contribution in [1.82, 2.24) is 14.9 Å². The molecule has 0 aliphatic heterocycles. The van der Waals surface area contributed by atoms with Gasteiger partial charge in [-0.05, 0) is 43.1 Å². The molecule has 0 atom stereocenters. The van der Waals surface area contributed by atoms with Gasteiger partial charge in [0.15, 0.2) is 0 Å². The number of aryl methyl sites for hydroxylation is 1. The molecule has 0 aliphatic carbocycles. The number of aromatic nitrogens is 3. The Labute approximate surface area is 136 Å². The van der Waals surface area contributed by atoms with Crippen molar-refractivity contribution in [1.29, 1.82) is 0 Å². The van der Waals surface area contributed by atoms with Crippen LogP contribution in [-0.2, 0) is 0 Å². The SMILES string of the molecule is CCCCCC(/C=N\n1c(C)n[nH]c1=S)=C\c1ccccc1. The summed E-state index contributed by atoms with van der Waals surface area (Å²) in [5.74, 6) is 0.758. The lowest BCUT2D eigenvalue weighted by Gasteiger charge is -2.03. The van der Waals surface area contributed by atoms with E-state index >= 15 is 0 Å². The second-order valence-corrected chi connectivity index (χ2v) is 5.61. The van der Waals surface area contributed by atoms with Crippen molar-refractivity contribution in [2.24, 2.45) is 5.10 Å². The Bertz CT molecular complexity index is 695. The van der Waals surface area contributed by atoms with E-state index in [9.17, 15) is 0 Å². The van der Waals surface area contributed by atoms with Gasteiger partial charge in [0.25, 0.3) is 0 Å². The van der Waals surface area contributed by atoms with Crippen LogP contribution in [0, 0.1) is 11.7 Å². The largest absolute Gasteiger partial charge is 0.250 e. The average Bonchev–Trinajstić information content (AvgIpc) is 2.85. The van der Waals surface area contributed by atoms with E-state index in [1.807, 2.05) is 31.3 Å². The predicted octanol–water partition coefficient (Wildman–Crippen LogP) is 4.75. The van der Waals surface area contributed by atoms with Gasteiger partial charge in [-0.25, -0.2) is 0 Å². The zero-order valence-corrected chi connectivity index (χ0v) is 13.9. The molecule has 1 N–H and O–H groups in total. The topological polar surface area (TPSA) is 46.0 Å². The Balaban J connectivity index is 2.21. The molecule has 0 aliphatic rings. The van der Waals surface area contributed by atoms with Crippen molar-refractivity contribution < 1.29 is 0 Å². The Morgan fingerprint density at radius 1 is 1.32 bits per heavy atom. The highest BCUT2D eigenvalue weighted by molar-refractivity contribution is 7.71. The van der Waals surface area contributed by atoms with Gasteiger partial charge >= 0.3 is 0 Å². The van der Waals surface area contributed by atoms with Gasteiger partial charge in [-0.2, -0.15) is 14.9 Å². The van der Waals surface area contributed by atoms with E-state index in [4.69, 9.17) is 12.2 Å². The molecular formula is C17H22N4S. The van der Waals surface area contributed by atoms with Crippen LogP contribution in [0.3, 0.4) is 0 Å². The average molecular weight is 314 g/mol.